The molecule has 27 heavy (non-hydrogen) atoms. The van der Waals surface area contributed by atoms with Gasteiger partial charge in [-0.25, -0.2) is 15.0 Å². The molecule has 6 heteroatoms. The van der Waals surface area contributed by atoms with E-state index >= 15 is 0 Å². The molecular weight excluding hydrogens is 356 g/mol. The van der Waals surface area contributed by atoms with Crippen LogP contribution in [-0.4, -0.2) is 20.9 Å². The number of hydrogen-bond acceptors (Lipinski definition) is 5. The number of para-hydroxylation sites is 2. The van der Waals surface area contributed by atoms with Crippen molar-refractivity contribution in [3.63, 3.8) is 0 Å². The summed E-state index contributed by atoms with van der Waals surface area (Å²) in [6.45, 7) is 4.05. The molecule has 0 unspecified atom stereocenters. The number of carbonyl (C=O) groups is 1. The van der Waals surface area contributed by atoms with Gasteiger partial charge in [-0.05, 0) is 36.6 Å². The van der Waals surface area contributed by atoms with Gasteiger partial charge in [0.25, 0.3) is 5.91 Å². The molecular formula is C21H18N4OS. The molecule has 0 saturated heterocycles. The molecule has 0 atom stereocenters. The van der Waals surface area contributed by atoms with Crippen LogP contribution in [0, 0.1) is 6.92 Å². The first-order chi connectivity index (χ1) is 13.2. The molecule has 1 N–H and O–H groups in total. The maximum Gasteiger partial charge on any atom is 0.276 e. The number of rotatable bonds is 4. The van der Waals surface area contributed by atoms with E-state index in [9.17, 15) is 4.79 Å². The Hall–Kier alpha value is -3.12. The van der Waals surface area contributed by atoms with E-state index in [1.807, 2.05) is 49.4 Å². The number of aryl methyl sites for hydroxylation is 2. The van der Waals surface area contributed by atoms with Crippen LogP contribution in [0.3, 0.4) is 0 Å². The van der Waals surface area contributed by atoms with E-state index < -0.39 is 0 Å². The quantitative estimate of drug-likeness (QED) is 0.553. The fraction of sp³-hybridized carbons (Fsp3) is 0.143. The second kappa shape index (κ2) is 7.25. The third-order valence-corrected chi connectivity index (χ3v) is 5.43. The van der Waals surface area contributed by atoms with Crippen LogP contribution in [0.25, 0.3) is 20.9 Å². The van der Waals surface area contributed by atoms with Crippen molar-refractivity contribution in [2.45, 2.75) is 20.3 Å². The van der Waals surface area contributed by atoms with Crippen molar-refractivity contribution < 1.29 is 4.79 Å². The molecule has 0 aliphatic carbocycles. The van der Waals surface area contributed by atoms with Gasteiger partial charge in [0, 0.05) is 18.1 Å². The number of aromatic nitrogens is 3. The lowest BCUT2D eigenvalue weighted by atomic mass is 10.1. The normalized spacial score (nSPS) is 10.9. The van der Waals surface area contributed by atoms with Gasteiger partial charge >= 0.3 is 0 Å². The summed E-state index contributed by atoms with van der Waals surface area (Å²) in [5.41, 5.74) is 4.62. The molecule has 0 aliphatic heterocycles. The van der Waals surface area contributed by atoms with Gasteiger partial charge in [0.1, 0.15) is 10.7 Å². The number of nitrogens with one attached hydrogen (secondary N) is 1. The molecule has 2 aromatic heterocycles. The molecule has 4 aromatic rings. The van der Waals surface area contributed by atoms with Crippen LogP contribution in [0.15, 0.2) is 54.9 Å². The van der Waals surface area contributed by atoms with Crippen LogP contribution in [0.4, 0.5) is 5.69 Å². The highest BCUT2D eigenvalue weighted by molar-refractivity contribution is 7.21. The van der Waals surface area contributed by atoms with Crippen molar-refractivity contribution in [1.82, 2.24) is 15.0 Å². The topological polar surface area (TPSA) is 67.8 Å². The molecule has 0 bridgehead atoms. The fourth-order valence-corrected chi connectivity index (χ4v) is 3.97. The van der Waals surface area contributed by atoms with E-state index in [2.05, 4.69) is 27.2 Å². The summed E-state index contributed by atoms with van der Waals surface area (Å²) >= 11 is 1.51. The number of fused-ring (bicyclic) bond motifs is 1. The van der Waals surface area contributed by atoms with Gasteiger partial charge in [-0.2, -0.15) is 0 Å². The zero-order valence-electron chi connectivity index (χ0n) is 15.1. The van der Waals surface area contributed by atoms with E-state index in [-0.39, 0.29) is 11.6 Å². The first-order valence-corrected chi connectivity index (χ1v) is 9.56. The van der Waals surface area contributed by atoms with Crippen molar-refractivity contribution in [1.29, 1.82) is 0 Å². The van der Waals surface area contributed by atoms with Crippen LogP contribution in [0.5, 0.6) is 0 Å². The predicted molar refractivity (Wildman–Crippen MR) is 109 cm³/mol. The lowest BCUT2D eigenvalue weighted by molar-refractivity contribution is 0.102. The van der Waals surface area contributed by atoms with Gasteiger partial charge in [-0.15, -0.1) is 11.3 Å². The first-order valence-electron chi connectivity index (χ1n) is 8.74. The molecule has 0 aliphatic rings. The zero-order valence-corrected chi connectivity index (χ0v) is 15.9. The predicted octanol–water partition coefficient (Wildman–Crippen LogP) is 4.88. The minimum atomic E-state index is -0.277. The molecule has 2 aromatic carbocycles. The van der Waals surface area contributed by atoms with Gasteiger partial charge in [-0.3, -0.25) is 4.79 Å². The molecule has 1 amide bonds. The minimum Gasteiger partial charge on any atom is -0.320 e. The monoisotopic (exact) mass is 374 g/mol. The number of nitrogens with zero attached hydrogens (tertiary/aromatic N) is 3. The van der Waals surface area contributed by atoms with Crippen molar-refractivity contribution in [3.8, 4) is 10.7 Å². The fourth-order valence-electron chi connectivity index (χ4n) is 3.01. The van der Waals surface area contributed by atoms with Crippen molar-refractivity contribution in [3.05, 3.63) is 71.7 Å². The molecule has 5 nitrogen and oxygen atoms in total. The van der Waals surface area contributed by atoms with Gasteiger partial charge in [-0.1, -0.05) is 37.3 Å². The zero-order chi connectivity index (χ0) is 18.8. The van der Waals surface area contributed by atoms with E-state index in [1.54, 1.807) is 6.20 Å². The Balaban J connectivity index is 1.74. The van der Waals surface area contributed by atoms with Crippen molar-refractivity contribution in [2.24, 2.45) is 0 Å². The summed E-state index contributed by atoms with van der Waals surface area (Å²) in [6, 6.07) is 13.9. The highest BCUT2D eigenvalue weighted by Gasteiger charge is 2.20. The lowest BCUT2D eigenvalue weighted by Crippen LogP contribution is -2.17. The van der Waals surface area contributed by atoms with Crippen LogP contribution < -0.4 is 5.32 Å². The third-order valence-electron chi connectivity index (χ3n) is 4.39. The lowest BCUT2D eigenvalue weighted by Gasteiger charge is -2.13. The van der Waals surface area contributed by atoms with E-state index in [4.69, 9.17) is 0 Å². The van der Waals surface area contributed by atoms with Gasteiger partial charge < -0.3 is 5.32 Å². The molecule has 134 valence electrons. The number of benzene rings is 2. The Labute approximate surface area is 161 Å². The van der Waals surface area contributed by atoms with Crippen LogP contribution >= 0.6 is 11.3 Å². The molecule has 0 spiro atoms. The number of amides is 1. The van der Waals surface area contributed by atoms with Crippen molar-refractivity contribution >= 4 is 33.1 Å². The number of thiazole rings is 1. The van der Waals surface area contributed by atoms with Crippen LogP contribution in [-0.2, 0) is 6.42 Å². The van der Waals surface area contributed by atoms with Crippen LogP contribution in [0.1, 0.15) is 28.5 Å². The standard InChI is InChI=1S/C21H18N4OS/c1-3-14-8-6-7-13(2)17(14)25-20(26)18-19(23-12-11-22-18)21-24-15-9-4-5-10-16(15)27-21/h4-12H,3H2,1-2H3,(H,25,26). The summed E-state index contributed by atoms with van der Waals surface area (Å²) in [5, 5.41) is 3.72. The van der Waals surface area contributed by atoms with Crippen LogP contribution in [0.2, 0.25) is 0 Å². The Morgan fingerprint density at radius 1 is 1.07 bits per heavy atom. The number of carbonyl (C=O) groups excluding carboxylic acids is 1. The molecule has 0 radical (unpaired) electrons. The van der Waals surface area contributed by atoms with E-state index in [1.165, 1.54) is 17.5 Å². The van der Waals surface area contributed by atoms with E-state index in [0.29, 0.717) is 10.7 Å². The van der Waals surface area contributed by atoms with Crippen molar-refractivity contribution in [2.75, 3.05) is 5.32 Å². The second-order valence-electron chi connectivity index (χ2n) is 6.16. The Morgan fingerprint density at radius 3 is 2.70 bits per heavy atom. The molecule has 2 heterocycles. The Kier molecular flexibility index (Phi) is 4.64. The number of anilines is 1. The third kappa shape index (κ3) is 3.31. The summed E-state index contributed by atoms with van der Waals surface area (Å²) < 4.78 is 1.05. The Morgan fingerprint density at radius 2 is 1.89 bits per heavy atom. The summed E-state index contributed by atoms with van der Waals surface area (Å²) in [4.78, 5) is 26.3. The SMILES string of the molecule is CCc1cccc(C)c1NC(=O)c1nccnc1-c1nc2ccccc2s1. The minimum absolute atomic E-state index is 0.277. The van der Waals surface area contributed by atoms with E-state index in [0.717, 1.165) is 33.5 Å². The highest BCUT2D eigenvalue weighted by Crippen LogP contribution is 2.30. The maximum atomic E-state index is 13.0. The maximum absolute atomic E-state index is 13.0. The second-order valence-corrected chi connectivity index (χ2v) is 7.19. The summed E-state index contributed by atoms with van der Waals surface area (Å²) in [5.74, 6) is -0.277. The largest absolute Gasteiger partial charge is 0.320 e. The molecule has 0 fully saturated rings. The summed E-state index contributed by atoms with van der Waals surface area (Å²) in [6.07, 6.45) is 3.95. The first kappa shape index (κ1) is 17.3. The smallest absolute Gasteiger partial charge is 0.276 e. The summed E-state index contributed by atoms with van der Waals surface area (Å²) in [7, 11) is 0. The van der Waals surface area contributed by atoms with Gasteiger partial charge in [0.15, 0.2) is 5.69 Å². The highest BCUT2D eigenvalue weighted by atomic mass is 32.1. The molecule has 4 rings (SSSR count). The van der Waals surface area contributed by atoms with Gasteiger partial charge in [0.2, 0.25) is 0 Å². The number of hydrogen-bond donors (Lipinski definition) is 1. The average molecular weight is 374 g/mol. The average Bonchev–Trinajstić information content (AvgIpc) is 3.13. The Bertz CT molecular complexity index is 1100. The van der Waals surface area contributed by atoms with Gasteiger partial charge in [0.05, 0.1) is 10.2 Å². The molecule has 0 saturated carbocycles.